The van der Waals surface area contributed by atoms with Gasteiger partial charge in [-0.25, -0.2) is 0 Å². The average Bonchev–Trinajstić information content (AvgIpc) is 3.54. The third kappa shape index (κ3) is 4.75. The zero-order valence-corrected chi connectivity index (χ0v) is 35.5. The fourth-order valence-corrected chi connectivity index (χ4v) is 13.4. The Morgan fingerprint density at radius 1 is 0.250 bits per heavy atom. The molecule has 2 aliphatic heterocycles. The quantitative estimate of drug-likeness (QED) is 0.161. The Kier molecular flexibility index (Phi) is 8.16. The van der Waals surface area contributed by atoms with Crippen LogP contribution < -0.4 is 43.7 Å². The van der Waals surface area contributed by atoms with Gasteiger partial charge in [0.15, 0.2) is 0 Å². The zero-order chi connectivity index (χ0) is 39.6. The molecule has 0 unspecified atom stereocenters. The third-order valence-corrected chi connectivity index (χ3v) is 14.3. The molecule has 9 rings (SSSR count). The van der Waals surface area contributed by atoms with E-state index < -0.39 is 12.3 Å². The molecule has 2 heterocycles. The first-order valence-electron chi connectivity index (χ1n) is 20.7. The summed E-state index contributed by atoms with van der Waals surface area (Å²) in [5, 5.41) is 0. The number of hydrogen-bond acceptors (Lipinski definition) is 0. The van der Waals surface area contributed by atoms with Crippen molar-refractivity contribution in [1.29, 1.82) is 0 Å². The minimum absolute atomic E-state index is 1.32. The maximum absolute atomic E-state index is 2.70. The van der Waals surface area contributed by atoms with Crippen molar-refractivity contribution in [1.82, 2.24) is 0 Å². The van der Waals surface area contributed by atoms with Crippen LogP contribution in [-0.2, 0) is 0 Å². The highest BCUT2D eigenvalue weighted by Gasteiger charge is 2.47. The predicted octanol–water partition coefficient (Wildman–Crippen LogP) is 8.10. The van der Waals surface area contributed by atoms with E-state index in [-0.39, 0.29) is 0 Å². The monoisotopic (exact) mass is 724 g/mol. The van der Waals surface area contributed by atoms with Crippen molar-refractivity contribution >= 4 is 56.0 Å². The lowest BCUT2D eigenvalue weighted by Crippen LogP contribution is -2.76. The van der Waals surface area contributed by atoms with Crippen LogP contribution in [0.5, 0.6) is 0 Å². The predicted molar refractivity (Wildman–Crippen MR) is 249 cm³/mol. The fourth-order valence-electron chi connectivity index (χ4n) is 13.4. The summed E-state index contributed by atoms with van der Waals surface area (Å²) < 4.78 is 0. The summed E-state index contributed by atoms with van der Waals surface area (Å²) >= 11 is 0. The molecule has 7 aromatic rings. The summed E-state index contributed by atoms with van der Waals surface area (Å²) in [6, 6.07) is 43.7. The van der Waals surface area contributed by atoms with Crippen molar-refractivity contribution in [2.75, 3.05) is 0 Å². The lowest BCUT2D eigenvalue weighted by molar-refractivity contribution is 1.33. The maximum Gasteiger partial charge on any atom is 0.110 e. The Bertz CT molecular complexity index is 2430. The SMILES string of the molecule is Cc1cc(C)c([B-]2(c3c(C)cc(C)cc3C)c3ccccc3-c3cc4c(cc32)-c2ccccc2[B-]4(c2c(C)cc(C)cc2C)c2c(C)cc(C)cc2C)c(C)c1. The molecule has 278 valence electrons. The summed E-state index contributed by atoms with van der Waals surface area (Å²) in [5.41, 5.74) is 33.6. The van der Waals surface area contributed by atoms with Gasteiger partial charge in [0, 0.05) is 0 Å². The molecule has 2 aliphatic rings. The zero-order valence-electron chi connectivity index (χ0n) is 35.5. The summed E-state index contributed by atoms with van der Waals surface area (Å²) in [5.74, 6) is 0. The first-order valence-corrected chi connectivity index (χ1v) is 20.7. The van der Waals surface area contributed by atoms with E-state index in [2.05, 4.69) is 192 Å². The Morgan fingerprint density at radius 3 is 0.732 bits per heavy atom. The van der Waals surface area contributed by atoms with Crippen LogP contribution in [0, 0.1) is 83.1 Å². The number of hydrogen-bond donors (Lipinski definition) is 0. The second-order valence-electron chi connectivity index (χ2n) is 18.2. The Balaban J connectivity index is 1.54. The van der Waals surface area contributed by atoms with Crippen LogP contribution in [0.4, 0.5) is 0 Å². The third-order valence-electron chi connectivity index (χ3n) is 14.3. The van der Waals surface area contributed by atoms with Crippen molar-refractivity contribution in [3.05, 3.63) is 176 Å². The van der Waals surface area contributed by atoms with Gasteiger partial charge in [-0.3, -0.25) is 0 Å². The molecule has 7 aromatic carbocycles. The molecule has 56 heavy (non-hydrogen) atoms. The van der Waals surface area contributed by atoms with Gasteiger partial charge in [0.2, 0.25) is 0 Å². The molecule has 0 spiro atoms. The molecule has 0 amide bonds. The molecule has 0 aliphatic carbocycles. The van der Waals surface area contributed by atoms with Gasteiger partial charge in [0.05, 0.1) is 0 Å². The first-order chi connectivity index (χ1) is 26.7. The topological polar surface area (TPSA) is 0 Å². The minimum Gasteiger partial charge on any atom is -0.189 e. The van der Waals surface area contributed by atoms with Gasteiger partial charge in [-0.15, -0.1) is 0 Å². The van der Waals surface area contributed by atoms with Gasteiger partial charge in [-0.1, -0.05) is 198 Å². The summed E-state index contributed by atoms with van der Waals surface area (Å²) in [4.78, 5) is 0. The summed E-state index contributed by atoms with van der Waals surface area (Å²) in [6.07, 6.45) is -3.13. The van der Waals surface area contributed by atoms with Crippen molar-refractivity contribution in [3.63, 3.8) is 0 Å². The fraction of sp³-hybridized carbons (Fsp3) is 0.222. The molecule has 0 nitrogen and oxygen atoms in total. The lowest BCUT2D eigenvalue weighted by Gasteiger charge is -2.47. The highest BCUT2D eigenvalue weighted by atomic mass is 14.3. The van der Waals surface area contributed by atoms with Crippen molar-refractivity contribution in [3.8, 4) is 22.3 Å². The highest BCUT2D eigenvalue weighted by molar-refractivity contribution is 7.24. The largest absolute Gasteiger partial charge is 0.189 e. The van der Waals surface area contributed by atoms with Crippen molar-refractivity contribution in [2.24, 2.45) is 0 Å². The van der Waals surface area contributed by atoms with Crippen LogP contribution >= 0.6 is 0 Å². The first kappa shape index (κ1) is 36.3. The van der Waals surface area contributed by atoms with E-state index in [0.29, 0.717) is 0 Å². The van der Waals surface area contributed by atoms with Gasteiger partial charge < -0.3 is 0 Å². The van der Waals surface area contributed by atoms with E-state index in [1.54, 1.807) is 0 Å². The number of benzene rings is 7. The number of rotatable bonds is 4. The van der Waals surface area contributed by atoms with E-state index in [4.69, 9.17) is 0 Å². The van der Waals surface area contributed by atoms with Gasteiger partial charge in [-0.2, -0.15) is 43.7 Å². The highest BCUT2D eigenvalue weighted by Crippen LogP contribution is 2.37. The molecule has 0 fully saturated rings. The average molecular weight is 725 g/mol. The van der Waals surface area contributed by atoms with Crippen LogP contribution in [0.25, 0.3) is 22.3 Å². The molecule has 0 aromatic heterocycles. The molecular formula is C54H54B2-2. The van der Waals surface area contributed by atoms with Crippen molar-refractivity contribution < 1.29 is 0 Å². The van der Waals surface area contributed by atoms with E-state index in [1.165, 1.54) is 133 Å². The second kappa shape index (κ2) is 12.6. The molecule has 0 bridgehead atoms. The molecule has 2 heteroatoms. The summed E-state index contributed by atoms with van der Waals surface area (Å²) in [6.45, 7) is 27.9. The van der Waals surface area contributed by atoms with E-state index in [0.717, 1.165) is 0 Å². The molecular weight excluding hydrogens is 670 g/mol. The van der Waals surface area contributed by atoms with E-state index in [1.807, 2.05) is 0 Å². The van der Waals surface area contributed by atoms with Gasteiger partial charge in [0.25, 0.3) is 0 Å². The Morgan fingerprint density at radius 2 is 0.482 bits per heavy atom. The standard InChI is InChI=1S/C54H54B2/c1-31-21-35(5)51(36(6)22-31)55(52-37(7)23-32(2)24-38(52)8)47-19-15-13-17-43(47)45-30-50-46(29-49(45)55)44-18-14-16-20-48(44)56(50,53-39(9)25-33(3)26-40(53)10)54-41(11)27-34(4)28-42(54)12/h13-30H,1-12H3/q-2. The Labute approximate surface area is 335 Å². The second-order valence-corrected chi connectivity index (χ2v) is 18.2. The normalized spacial score (nSPS) is 14.4. The van der Waals surface area contributed by atoms with Crippen LogP contribution in [0.2, 0.25) is 0 Å². The van der Waals surface area contributed by atoms with Gasteiger partial charge in [0.1, 0.15) is 12.3 Å². The maximum atomic E-state index is 2.70. The number of aryl methyl sites for hydroxylation is 12. The molecule has 0 saturated carbocycles. The van der Waals surface area contributed by atoms with E-state index in [9.17, 15) is 0 Å². The van der Waals surface area contributed by atoms with E-state index >= 15 is 0 Å². The smallest absolute Gasteiger partial charge is 0.110 e. The molecule has 0 N–H and O–H groups in total. The number of fused-ring (bicyclic) bond motifs is 6. The van der Waals surface area contributed by atoms with Crippen LogP contribution in [-0.4, -0.2) is 12.3 Å². The van der Waals surface area contributed by atoms with Crippen LogP contribution in [0.1, 0.15) is 66.8 Å². The molecule has 0 saturated heterocycles. The minimum atomic E-state index is -1.56. The molecule has 0 atom stereocenters. The van der Waals surface area contributed by atoms with Crippen molar-refractivity contribution in [2.45, 2.75) is 83.1 Å². The van der Waals surface area contributed by atoms with Gasteiger partial charge in [-0.05, 0) is 83.1 Å². The van der Waals surface area contributed by atoms with Crippen LogP contribution in [0.15, 0.2) is 109 Å². The van der Waals surface area contributed by atoms with Crippen LogP contribution in [0.3, 0.4) is 0 Å². The van der Waals surface area contributed by atoms with Gasteiger partial charge >= 0.3 is 0 Å². The molecule has 0 radical (unpaired) electrons. The summed E-state index contributed by atoms with van der Waals surface area (Å²) in [7, 11) is 0. The lowest BCUT2D eigenvalue weighted by atomic mass is 9.12. The Hall–Kier alpha value is -5.33.